The molecule has 82 valence electrons. The molecule has 15 heavy (non-hydrogen) atoms. The lowest BCUT2D eigenvalue weighted by Gasteiger charge is -2.10. The number of guanidine groups is 1. The van der Waals surface area contributed by atoms with Crippen LogP contribution >= 0.6 is 0 Å². The molecule has 1 saturated carbocycles. The molecular weight excluding hydrogens is 194 g/mol. The van der Waals surface area contributed by atoms with Gasteiger partial charge in [-0.3, -0.25) is 9.79 Å². The first-order valence-corrected chi connectivity index (χ1v) is 4.87. The molecule has 0 atom stereocenters. The van der Waals surface area contributed by atoms with Crippen molar-refractivity contribution in [1.82, 2.24) is 16.0 Å². The van der Waals surface area contributed by atoms with E-state index < -0.39 is 0 Å². The van der Waals surface area contributed by atoms with Crippen LogP contribution < -0.4 is 16.0 Å². The zero-order chi connectivity index (χ0) is 11.1. The number of carbonyl (C=O) groups is 1. The Morgan fingerprint density at radius 2 is 2.27 bits per heavy atom. The molecule has 1 amide bonds. The first-order chi connectivity index (χ1) is 7.26. The van der Waals surface area contributed by atoms with Crippen molar-refractivity contribution >= 4 is 11.9 Å². The van der Waals surface area contributed by atoms with E-state index >= 15 is 0 Å². The maximum absolute atomic E-state index is 11.1. The minimum Gasteiger partial charge on any atom is -0.354 e. The molecule has 0 unspecified atom stereocenters. The number of nitrogens with one attached hydrogen (secondary N) is 3. The van der Waals surface area contributed by atoms with E-state index in [0.717, 1.165) is 12.8 Å². The smallest absolute Gasteiger partial charge is 0.240 e. The molecule has 1 fully saturated rings. The summed E-state index contributed by atoms with van der Waals surface area (Å²) < 4.78 is 0. The summed E-state index contributed by atoms with van der Waals surface area (Å²) in [5, 5.41) is 16.7. The SMILES string of the molecule is CN=C(NCC(=O)NCC#N)NC1CC1. The molecule has 1 aliphatic rings. The van der Waals surface area contributed by atoms with Gasteiger partial charge in [0.1, 0.15) is 6.54 Å². The van der Waals surface area contributed by atoms with E-state index in [1.807, 2.05) is 6.07 Å². The number of carbonyl (C=O) groups excluding carboxylic acids is 1. The fraction of sp³-hybridized carbons (Fsp3) is 0.667. The summed E-state index contributed by atoms with van der Waals surface area (Å²) >= 11 is 0. The van der Waals surface area contributed by atoms with Gasteiger partial charge in [-0.15, -0.1) is 0 Å². The fourth-order valence-corrected chi connectivity index (χ4v) is 0.980. The van der Waals surface area contributed by atoms with Gasteiger partial charge < -0.3 is 16.0 Å². The second kappa shape index (κ2) is 5.86. The van der Waals surface area contributed by atoms with Crippen molar-refractivity contribution < 1.29 is 4.79 Å². The molecule has 0 aromatic rings. The van der Waals surface area contributed by atoms with Crippen molar-refractivity contribution in [3.63, 3.8) is 0 Å². The largest absolute Gasteiger partial charge is 0.354 e. The van der Waals surface area contributed by atoms with Crippen molar-refractivity contribution in [2.45, 2.75) is 18.9 Å². The van der Waals surface area contributed by atoms with Crippen molar-refractivity contribution in [2.24, 2.45) is 4.99 Å². The van der Waals surface area contributed by atoms with E-state index in [2.05, 4.69) is 20.9 Å². The number of amides is 1. The van der Waals surface area contributed by atoms with Gasteiger partial charge in [0.25, 0.3) is 0 Å². The molecule has 1 aliphatic carbocycles. The highest BCUT2D eigenvalue weighted by Gasteiger charge is 2.22. The Hall–Kier alpha value is -1.77. The van der Waals surface area contributed by atoms with Gasteiger partial charge in [-0.2, -0.15) is 5.26 Å². The van der Waals surface area contributed by atoms with Crippen molar-refractivity contribution in [2.75, 3.05) is 20.1 Å². The van der Waals surface area contributed by atoms with E-state index in [1.165, 1.54) is 0 Å². The maximum Gasteiger partial charge on any atom is 0.240 e. The first-order valence-electron chi connectivity index (χ1n) is 4.87. The molecule has 0 aromatic heterocycles. The molecule has 0 spiro atoms. The van der Waals surface area contributed by atoms with Gasteiger partial charge in [-0.25, -0.2) is 0 Å². The first kappa shape index (κ1) is 11.3. The summed E-state index contributed by atoms with van der Waals surface area (Å²) in [6.07, 6.45) is 2.31. The normalized spacial score (nSPS) is 15.3. The van der Waals surface area contributed by atoms with E-state index in [-0.39, 0.29) is 19.0 Å². The van der Waals surface area contributed by atoms with Gasteiger partial charge >= 0.3 is 0 Å². The van der Waals surface area contributed by atoms with Crippen molar-refractivity contribution in [1.29, 1.82) is 5.26 Å². The summed E-state index contributed by atoms with van der Waals surface area (Å²) in [4.78, 5) is 15.1. The minimum atomic E-state index is -0.213. The molecule has 6 nitrogen and oxygen atoms in total. The van der Waals surface area contributed by atoms with E-state index in [4.69, 9.17) is 5.26 Å². The number of aliphatic imine (C=N–C) groups is 1. The molecule has 0 aromatic carbocycles. The van der Waals surface area contributed by atoms with Crippen molar-refractivity contribution in [3.05, 3.63) is 0 Å². The lowest BCUT2D eigenvalue weighted by Crippen LogP contribution is -2.43. The Balaban J connectivity index is 2.16. The molecule has 0 heterocycles. The van der Waals surface area contributed by atoms with Crippen LogP contribution in [0.1, 0.15) is 12.8 Å². The summed E-state index contributed by atoms with van der Waals surface area (Å²) in [6.45, 7) is 0.170. The predicted octanol–water partition coefficient (Wildman–Crippen LogP) is -1.05. The van der Waals surface area contributed by atoms with Gasteiger partial charge in [0.2, 0.25) is 5.91 Å². The maximum atomic E-state index is 11.1. The number of rotatable bonds is 4. The molecule has 3 N–H and O–H groups in total. The van der Waals surface area contributed by atoms with Crippen LogP contribution in [0, 0.1) is 11.3 Å². The Morgan fingerprint density at radius 3 is 2.80 bits per heavy atom. The molecular formula is C9H15N5O. The van der Waals surface area contributed by atoms with Gasteiger partial charge in [0.15, 0.2) is 5.96 Å². The summed E-state index contributed by atoms with van der Waals surface area (Å²) in [7, 11) is 1.66. The monoisotopic (exact) mass is 209 g/mol. The van der Waals surface area contributed by atoms with Crippen molar-refractivity contribution in [3.8, 4) is 6.07 Å². The van der Waals surface area contributed by atoms with Crippen LogP contribution in [-0.2, 0) is 4.79 Å². The standard InChI is InChI=1S/C9H15N5O/c1-11-9(14-7-2-3-7)13-6-8(15)12-5-4-10/h7H,2-3,5-6H2,1H3,(H,12,15)(H2,11,13,14). The summed E-state index contributed by atoms with van der Waals surface area (Å²) in [5.41, 5.74) is 0. The molecule has 1 rings (SSSR count). The third-order valence-electron chi connectivity index (χ3n) is 1.92. The van der Waals surface area contributed by atoms with Gasteiger partial charge in [-0.1, -0.05) is 0 Å². The van der Waals surface area contributed by atoms with Crippen LogP contribution in [0.2, 0.25) is 0 Å². The van der Waals surface area contributed by atoms with Gasteiger partial charge in [-0.05, 0) is 12.8 Å². The second-order valence-corrected chi connectivity index (χ2v) is 3.28. The van der Waals surface area contributed by atoms with Crippen LogP contribution in [0.15, 0.2) is 4.99 Å². The highest BCUT2D eigenvalue weighted by Crippen LogP contribution is 2.18. The average Bonchev–Trinajstić information content (AvgIpc) is 3.04. The topological polar surface area (TPSA) is 89.3 Å². The quantitative estimate of drug-likeness (QED) is 0.313. The Labute approximate surface area is 88.8 Å². The zero-order valence-corrected chi connectivity index (χ0v) is 8.71. The van der Waals surface area contributed by atoms with Crippen LogP contribution in [0.3, 0.4) is 0 Å². The number of hydrogen-bond donors (Lipinski definition) is 3. The Morgan fingerprint density at radius 1 is 1.53 bits per heavy atom. The molecule has 0 bridgehead atoms. The van der Waals surface area contributed by atoms with Crippen LogP contribution in [-0.4, -0.2) is 38.0 Å². The Bertz CT molecular complexity index is 289. The highest BCUT2D eigenvalue weighted by atomic mass is 16.1. The molecule has 0 radical (unpaired) electrons. The minimum absolute atomic E-state index is 0.0369. The lowest BCUT2D eigenvalue weighted by atomic mass is 10.5. The van der Waals surface area contributed by atoms with Crippen LogP contribution in [0.5, 0.6) is 0 Å². The summed E-state index contributed by atoms with van der Waals surface area (Å²) in [5.74, 6) is 0.417. The van der Waals surface area contributed by atoms with Crippen LogP contribution in [0.4, 0.5) is 0 Å². The summed E-state index contributed by atoms with van der Waals surface area (Å²) in [6, 6.07) is 2.34. The number of hydrogen-bond acceptors (Lipinski definition) is 3. The third kappa shape index (κ3) is 4.86. The third-order valence-corrected chi connectivity index (χ3v) is 1.92. The highest BCUT2D eigenvalue weighted by molar-refractivity contribution is 5.86. The van der Waals surface area contributed by atoms with E-state index in [9.17, 15) is 4.79 Å². The number of nitrogens with zero attached hydrogens (tertiary/aromatic N) is 2. The lowest BCUT2D eigenvalue weighted by molar-refractivity contribution is -0.119. The zero-order valence-electron chi connectivity index (χ0n) is 8.71. The van der Waals surface area contributed by atoms with E-state index in [1.54, 1.807) is 7.05 Å². The Kier molecular flexibility index (Phi) is 4.41. The second-order valence-electron chi connectivity index (χ2n) is 3.28. The average molecular weight is 209 g/mol. The van der Waals surface area contributed by atoms with Gasteiger partial charge in [0, 0.05) is 13.1 Å². The predicted molar refractivity (Wildman–Crippen MR) is 56.1 cm³/mol. The number of nitriles is 1. The van der Waals surface area contributed by atoms with E-state index in [0.29, 0.717) is 12.0 Å². The van der Waals surface area contributed by atoms with Crippen LogP contribution in [0.25, 0.3) is 0 Å². The fourth-order valence-electron chi connectivity index (χ4n) is 0.980. The van der Waals surface area contributed by atoms with Gasteiger partial charge in [0.05, 0.1) is 12.6 Å². The molecule has 6 heteroatoms. The molecule has 0 aliphatic heterocycles. The molecule has 0 saturated heterocycles.